The number of hydrogen-bond acceptors (Lipinski definition) is 5. The van der Waals surface area contributed by atoms with Crippen molar-refractivity contribution in [3.63, 3.8) is 0 Å². The lowest BCUT2D eigenvalue weighted by molar-refractivity contribution is 0.0955. The van der Waals surface area contributed by atoms with Gasteiger partial charge in [0.15, 0.2) is 0 Å². The summed E-state index contributed by atoms with van der Waals surface area (Å²) in [5, 5.41) is 15.7. The molecular formula is C12H21N3O2S. The molecule has 18 heavy (non-hydrogen) atoms. The van der Waals surface area contributed by atoms with Gasteiger partial charge in [0.1, 0.15) is 4.88 Å². The zero-order valence-corrected chi connectivity index (χ0v) is 11.8. The molecule has 0 aliphatic heterocycles. The van der Waals surface area contributed by atoms with Crippen LogP contribution in [0.5, 0.6) is 0 Å². The first-order valence-corrected chi connectivity index (χ1v) is 7.16. The van der Waals surface area contributed by atoms with Crippen LogP contribution in [-0.2, 0) is 6.42 Å². The Morgan fingerprint density at radius 1 is 1.56 bits per heavy atom. The highest BCUT2D eigenvalue weighted by molar-refractivity contribution is 7.08. The maximum Gasteiger partial charge on any atom is 0.264 e. The van der Waals surface area contributed by atoms with Crippen LogP contribution in [0.1, 0.15) is 48.5 Å². The molecular weight excluding hydrogens is 250 g/mol. The summed E-state index contributed by atoms with van der Waals surface area (Å²) in [6.45, 7) is 4.88. The first kappa shape index (κ1) is 15.0. The molecule has 1 aromatic rings. The zero-order valence-electron chi connectivity index (χ0n) is 11.0. The standard InChI is InChI=1S/C12H21N3O2S/c1-3-5-10-11(18-15-14-10)12(17)13-7-4-6-9(2)8-16/h9,16H,3-8H2,1-2H3,(H,13,17). The molecule has 0 radical (unpaired) electrons. The van der Waals surface area contributed by atoms with Crippen LogP contribution in [0.15, 0.2) is 0 Å². The summed E-state index contributed by atoms with van der Waals surface area (Å²) in [5.41, 5.74) is 0.795. The molecule has 0 saturated heterocycles. The number of aliphatic hydroxyl groups is 1. The molecule has 0 bridgehead atoms. The van der Waals surface area contributed by atoms with Gasteiger partial charge in [0.25, 0.3) is 5.91 Å². The van der Waals surface area contributed by atoms with E-state index < -0.39 is 0 Å². The molecule has 2 N–H and O–H groups in total. The summed E-state index contributed by atoms with van der Waals surface area (Å²) in [6, 6.07) is 0. The van der Waals surface area contributed by atoms with Crippen molar-refractivity contribution in [2.45, 2.75) is 39.5 Å². The Balaban J connectivity index is 2.34. The highest BCUT2D eigenvalue weighted by Crippen LogP contribution is 2.12. The van der Waals surface area contributed by atoms with Gasteiger partial charge in [-0.25, -0.2) is 0 Å². The fourth-order valence-corrected chi connectivity index (χ4v) is 2.23. The summed E-state index contributed by atoms with van der Waals surface area (Å²) >= 11 is 1.15. The number of carbonyl (C=O) groups is 1. The number of rotatable bonds is 8. The highest BCUT2D eigenvalue weighted by atomic mass is 32.1. The zero-order chi connectivity index (χ0) is 13.4. The second-order valence-corrected chi connectivity index (χ2v) is 5.24. The average Bonchev–Trinajstić information content (AvgIpc) is 2.82. The number of aliphatic hydroxyl groups excluding tert-OH is 1. The lowest BCUT2D eigenvalue weighted by atomic mass is 10.1. The normalized spacial score (nSPS) is 12.4. The van der Waals surface area contributed by atoms with E-state index in [1.807, 2.05) is 6.92 Å². The van der Waals surface area contributed by atoms with Crippen molar-refractivity contribution in [2.75, 3.05) is 13.2 Å². The van der Waals surface area contributed by atoms with Gasteiger partial charge in [0, 0.05) is 13.2 Å². The van der Waals surface area contributed by atoms with Crippen LogP contribution in [-0.4, -0.2) is 33.8 Å². The summed E-state index contributed by atoms with van der Waals surface area (Å²) in [7, 11) is 0. The van der Waals surface area contributed by atoms with Crippen LogP contribution in [0.25, 0.3) is 0 Å². The molecule has 1 aromatic heterocycles. The highest BCUT2D eigenvalue weighted by Gasteiger charge is 2.14. The van der Waals surface area contributed by atoms with E-state index in [1.165, 1.54) is 0 Å². The average molecular weight is 271 g/mol. The predicted octanol–water partition coefficient (Wildman–Crippen LogP) is 1.63. The molecule has 1 heterocycles. The lowest BCUT2D eigenvalue weighted by Gasteiger charge is -2.08. The first-order chi connectivity index (χ1) is 8.69. The van der Waals surface area contributed by atoms with Crippen molar-refractivity contribution in [2.24, 2.45) is 5.92 Å². The van der Waals surface area contributed by atoms with Crippen LogP contribution >= 0.6 is 11.5 Å². The summed E-state index contributed by atoms with van der Waals surface area (Å²) < 4.78 is 3.83. The number of nitrogens with zero attached hydrogens (tertiary/aromatic N) is 2. The van der Waals surface area contributed by atoms with Crippen molar-refractivity contribution in [3.8, 4) is 0 Å². The van der Waals surface area contributed by atoms with E-state index in [0.29, 0.717) is 17.3 Å². The first-order valence-electron chi connectivity index (χ1n) is 6.39. The predicted molar refractivity (Wildman–Crippen MR) is 71.7 cm³/mol. The fourth-order valence-electron chi connectivity index (χ4n) is 1.61. The third-order valence-electron chi connectivity index (χ3n) is 2.72. The third-order valence-corrected chi connectivity index (χ3v) is 3.49. The topological polar surface area (TPSA) is 75.1 Å². The third kappa shape index (κ3) is 4.70. The van der Waals surface area contributed by atoms with Gasteiger partial charge >= 0.3 is 0 Å². The van der Waals surface area contributed by atoms with Gasteiger partial charge < -0.3 is 10.4 Å². The number of nitrogens with one attached hydrogen (secondary N) is 1. The quantitative estimate of drug-likeness (QED) is 0.705. The lowest BCUT2D eigenvalue weighted by Crippen LogP contribution is -2.25. The summed E-state index contributed by atoms with van der Waals surface area (Å²) in [5.74, 6) is 0.215. The van der Waals surface area contributed by atoms with E-state index in [1.54, 1.807) is 0 Å². The SMILES string of the molecule is CCCc1nnsc1C(=O)NCCCC(C)CO. The number of aryl methyl sites for hydroxylation is 1. The molecule has 0 aromatic carbocycles. The number of aromatic nitrogens is 2. The monoisotopic (exact) mass is 271 g/mol. The van der Waals surface area contributed by atoms with E-state index in [9.17, 15) is 4.79 Å². The second-order valence-electron chi connectivity index (χ2n) is 4.48. The van der Waals surface area contributed by atoms with Crippen molar-refractivity contribution in [3.05, 3.63) is 10.6 Å². The summed E-state index contributed by atoms with van der Waals surface area (Å²) in [4.78, 5) is 12.5. The molecule has 1 unspecified atom stereocenters. The van der Waals surface area contributed by atoms with Crippen molar-refractivity contribution in [1.82, 2.24) is 14.9 Å². The van der Waals surface area contributed by atoms with Gasteiger partial charge in [-0.15, -0.1) is 5.10 Å². The number of amides is 1. The molecule has 1 amide bonds. The fraction of sp³-hybridized carbons (Fsp3) is 0.750. The Morgan fingerprint density at radius 3 is 3.00 bits per heavy atom. The van der Waals surface area contributed by atoms with Gasteiger partial charge in [-0.05, 0) is 36.7 Å². The van der Waals surface area contributed by atoms with E-state index in [4.69, 9.17) is 5.11 Å². The molecule has 102 valence electrons. The maximum atomic E-state index is 11.9. The maximum absolute atomic E-state index is 11.9. The minimum absolute atomic E-state index is 0.0786. The molecule has 0 aliphatic rings. The van der Waals surface area contributed by atoms with Crippen molar-refractivity contribution >= 4 is 17.4 Å². The Kier molecular flexibility index (Phi) is 6.82. The smallest absolute Gasteiger partial charge is 0.264 e. The van der Waals surface area contributed by atoms with E-state index >= 15 is 0 Å². The molecule has 6 heteroatoms. The van der Waals surface area contributed by atoms with Gasteiger partial charge in [-0.3, -0.25) is 4.79 Å². The molecule has 1 atom stereocenters. The molecule has 0 spiro atoms. The van der Waals surface area contributed by atoms with Gasteiger partial charge in [-0.1, -0.05) is 24.8 Å². The molecule has 1 rings (SSSR count). The Morgan fingerprint density at radius 2 is 2.33 bits per heavy atom. The Bertz CT molecular complexity index is 368. The molecule has 0 saturated carbocycles. The van der Waals surface area contributed by atoms with Crippen molar-refractivity contribution in [1.29, 1.82) is 0 Å². The van der Waals surface area contributed by atoms with E-state index in [-0.39, 0.29) is 12.5 Å². The Hall–Kier alpha value is -1.01. The summed E-state index contributed by atoms with van der Waals surface area (Å²) in [6.07, 6.45) is 3.54. The van der Waals surface area contributed by atoms with Crippen LogP contribution in [0.4, 0.5) is 0 Å². The van der Waals surface area contributed by atoms with E-state index in [2.05, 4.69) is 21.8 Å². The molecule has 0 fully saturated rings. The van der Waals surface area contributed by atoms with Gasteiger partial charge in [0.2, 0.25) is 0 Å². The minimum Gasteiger partial charge on any atom is -0.396 e. The molecule has 5 nitrogen and oxygen atoms in total. The Labute approximate surface area is 112 Å². The largest absolute Gasteiger partial charge is 0.396 e. The van der Waals surface area contributed by atoms with Gasteiger partial charge in [-0.2, -0.15) is 0 Å². The van der Waals surface area contributed by atoms with E-state index in [0.717, 1.165) is 42.9 Å². The minimum atomic E-state index is -0.0786. The second kappa shape index (κ2) is 8.16. The number of carbonyl (C=O) groups excluding carboxylic acids is 1. The van der Waals surface area contributed by atoms with Gasteiger partial charge in [0.05, 0.1) is 5.69 Å². The van der Waals surface area contributed by atoms with Crippen molar-refractivity contribution < 1.29 is 9.90 Å². The molecule has 0 aliphatic carbocycles. The van der Waals surface area contributed by atoms with Crippen LogP contribution in [0, 0.1) is 5.92 Å². The number of hydrogen-bond donors (Lipinski definition) is 2. The van der Waals surface area contributed by atoms with Crippen LogP contribution in [0.3, 0.4) is 0 Å². The van der Waals surface area contributed by atoms with Crippen LogP contribution < -0.4 is 5.32 Å². The van der Waals surface area contributed by atoms with Crippen LogP contribution in [0.2, 0.25) is 0 Å².